The number of nitrogens with one attached hydrogen (secondary N) is 1. The molecule has 1 atom stereocenters. The predicted octanol–water partition coefficient (Wildman–Crippen LogP) is 0.960. The summed E-state index contributed by atoms with van der Waals surface area (Å²) in [6.45, 7) is 0.831. The lowest BCUT2D eigenvalue weighted by atomic mass is 10.0. The summed E-state index contributed by atoms with van der Waals surface area (Å²) in [5, 5.41) is 30.4. The third-order valence-electron chi connectivity index (χ3n) is 3.54. The van der Waals surface area contributed by atoms with Crippen molar-refractivity contribution in [2.75, 3.05) is 13.1 Å². The van der Waals surface area contributed by atoms with Crippen LogP contribution < -0.4 is 10.2 Å². The summed E-state index contributed by atoms with van der Waals surface area (Å²) in [4.78, 5) is 28.9. The number of nitrogens with zero attached hydrogens (tertiary/aromatic N) is 2. The minimum Gasteiger partial charge on any atom is -0.492 e. The van der Waals surface area contributed by atoms with Crippen LogP contribution in [-0.2, 0) is 0 Å². The highest BCUT2D eigenvalue weighted by atomic mass is 16.7. The minimum absolute atomic E-state index is 0.227. The Morgan fingerprint density at radius 3 is 2.45 bits per heavy atom. The van der Waals surface area contributed by atoms with Crippen molar-refractivity contribution in [3.8, 4) is 11.8 Å². The third-order valence-corrected chi connectivity index (χ3v) is 3.54. The lowest BCUT2D eigenvalue weighted by molar-refractivity contribution is 0.102. The molecule has 1 aliphatic rings. The normalized spacial score (nSPS) is 19.1. The number of hydrogen-bond donors (Lipinski definition) is 4. The van der Waals surface area contributed by atoms with E-state index >= 15 is 0 Å². The number of carboxylic acid groups (broad SMARTS) is 1. The van der Waals surface area contributed by atoms with Crippen molar-refractivity contribution in [1.29, 1.82) is 0 Å². The highest BCUT2D eigenvalue weighted by Gasteiger charge is 2.21. The van der Waals surface area contributed by atoms with Gasteiger partial charge in [0.25, 0.3) is 0 Å². The van der Waals surface area contributed by atoms with Crippen molar-refractivity contribution in [2.24, 2.45) is 0 Å². The molecule has 2 heterocycles. The molecule has 122 valence electrons. The van der Waals surface area contributed by atoms with E-state index < -0.39 is 23.9 Å². The van der Waals surface area contributed by atoms with Gasteiger partial charge in [-0.2, -0.15) is 0 Å². The highest BCUT2D eigenvalue weighted by Crippen LogP contribution is 2.19. The Morgan fingerprint density at radius 1 is 1.14 bits per heavy atom. The molecule has 0 aliphatic carbocycles. The van der Waals surface area contributed by atoms with Gasteiger partial charge >= 0.3 is 12.2 Å². The molecule has 0 bridgehead atoms. The van der Waals surface area contributed by atoms with Crippen LogP contribution in [0.25, 0.3) is 0 Å². The number of carbonyl (C=O) groups excluding carboxylic acids is 1. The lowest BCUT2D eigenvalue weighted by Crippen LogP contribution is -2.43. The molecule has 1 aliphatic heterocycles. The maximum atomic E-state index is 11.8. The molecule has 2 amide bonds. The van der Waals surface area contributed by atoms with Crippen LogP contribution in [0.1, 0.15) is 25.7 Å². The Hall–Kier alpha value is -2.58. The van der Waals surface area contributed by atoms with Crippen molar-refractivity contribution in [1.82, 2.24) is 14.9 Å². The van der Waals surface area contributed by atoms with E-state index in [0.717, 1.165) is 12.8 Å². The average Bonchev–Trinajstić information content (AvgIpc) is 2.73. The monoisotopic (exact) mass is 313 g/mol. The van der Waals surface area contributed by atoms with Crippen molar-refractivity contribution in [3.05, 3.63) is 12.1 Å². The quantitative estimate of drug-likeness (QED) is 0.644. The number of amides is 2. The van der Waals surface area contributed by atoms with E-state index in [9.17, 15) is 19.8 Å². The molecule has 2 rings (SSSR count). The summed E-state index contributed by atoms with van der Waals surface area (Å²) in [6, 6.07) is 2.14. The second kappa shape index (κ2) is 6.92. The Bertz CT molecular complexity index is 524. The topological polar surface area (TPSA) is 124 Å². The number of aromatic nitrogens is 1. The summed E-state index contributed by atoms with van der Waals surface area (Å²) in [5.74, 6) is -0.801. The summed E-state index contributed by atoms with van der Waals surface area (Å²) in [5.41, 5.74) is 0. The van der Waals surface area contributed by atoms with Gasteiger partial charge in [-0.3, -0.25) is 0 Å². The molecule has 1 fully saturated rings. The standard InChI is InChI=1S/C13H19N3O6/c17-10-4-5-11(18)16(10)22-12(19)14-9-3-1-2-7-15(8-6-9)13(20)21/h4-5,9,17-18H,1-3,6-8H2,(H,14,19)(H,20,21). The molecule has 0 saturated carbocycles. The van der Waals surface area contributed by atoms with Gasteiger partial charge in [0.15, 0.2) is 0 Å². The Morgan fingerprint density at radius 2 is 1.82 bits per heavy atom. The maximum Gasteiger partial charge on any atom is 0.432 e. The summed E-state index contributed by atoms with van der Waals surface area (Å²) < 4.78 is 0.599. The van der Waals surface area contributed by atoms with E-state index in [-0.39, 0.29) is 6.04 Å². The SMILES string of the molecule is O=C(NC1CCCCN(C(=O)O)CC1)On1c(O)ccc1O. The molecule has 1 aromatic heterocycles. The summed E-state index contributed by atoms with van der Waals surface area (Å²) >= 11 is 0. The van der Waals surface area contributed by atoms with Gasteiger partial charge in [0.1, 0.15) is 0 Å². The van der Waals surface area contributed by atoms with Crippen LogP contribution in [0.2, 0.25) is 0 Å². The lowest BCUT2D eigenvalue weighted by Gasteiger charge is -2.26. The number of hydrogen-bond acceptors (Lipinski definition) is 5. The van der Waals surface area contributed by atoms with Gasteiger partial charge in [-0.1, -0.05) is 0 Å². The van der Waals surface area contributed by atoms with Crippen molar-refractivity contribution in [3.63, 3.8) is 0 Å². The minimum atomic E-state index is -0.967. The zero-order chi connectivity index (χ0) is 16.1. The first-order chi connectivity index (χ1) is 10.5. The Labute approximate surface area is 126 Å². The number of carbonyl (C=O) groups is 2. The second-order valence-corrected chi connectivity index (χ2v) is 5.12. The summed E-state index contributed by atoms with van der Waals surface area (Å²) in [6.07, 6.45) is 0.921. The van der Waals surface area contributed by atoms with Crippen molar-refractivity contribution in [2.45, 2.75) is 31.7 Å². The van der Waals surface area contributed by atoms with E-state index in [1.54, 1.807) is 0 Å². The Balaban J connectivity index is 1.89. The number of aromatic hydroxyl groups is 2. The first-order valence-corrected chi connectivity index (χ1v) is 7.03. The molecule has 1 saturated heterocycles. The third kappa shape index (κ3) is 3.96. The van der Waals surface area contributed by atoms with Crippen molar-refractivity contribution < 1.29 is 29.7 Å². The van der Waals surface area contributed by atoms with Crippen LogP contribution >= 0.6 is 0 Å². The van der Waals surface area contributed by atoms with Crippen LogP contribution in [0.15, 0.2) is 12.1 Å². The van der Waals surface area contributed by atoms with E-state index in [2.05, 4.69) is 5.32 Å². The Kier molecular flexibility index (Phi) is 4.97. The van der Waals surface area contributed by atoms with Gasteiger partial charge in [0, 0.05) is 31.3 Å². The van der Waals surface area contributed by atoms with Crippen LogP contribution in [0.3, 0.4) is 0 Å². The van der Waals surface area contributed by atoms with Crippen LogP contribution in [-0.4, -0.2) is 56.3 Å². The molecule has 0 radical (unpaired) electrons. The summed E-state index contributed by atoms with van der Waals surface area (Å²) in [7, 11) is 0. The molecule has 9 heteroatoms. The van der Waals surface area contributed by atoms with Gasteiger partial charge in [-0.25, -0.2) is 9.59 Å². The van der Waals surface area contributed by atoms with Crippen molar-refractivity contribution >= 4 is 12.2 Å². The smallest absolute Gasteiger partial charge is 0.432 e. The van der Waals surface area contributed by atoms with Crippen LogP contribution in [0.5, 0.6) is 11.8 Å². The van der Waals surface area contributed by atoms with Gasteiger partial charge in [0.05, 0.1) is 0 Å². The second-order valence-electron chi connectivity index (χ2n) is 5.12. The number of likely N-dealkylation sites (tertiary alicyclic amines) is 1. The average molecular weight is 313 g/mol. The number of rotatable bonds is 2. The van der Waals surface area contributed by atoms with E-state index in [4.69, 9.17) is 9.94 Å². The van der Waals surface area contributed by atoms with Gasteiger partial charge in [-0.15, -0.1) is 4.73 Å². The molecule has 4 N–H and O–H groups in total. The molecular weight excluding hydrogens is 294 g/mol. The first-order valence-electron chi connectivity index (χ1n) is 7.03. The van der Waals surface area contributed by atoms with Gasteiger partial charge in [-0.05, 0) is 25.7 Å². The molecule has 22 heavy (non-hydrogen) atoms. The fraction of sp³-hybridized carbons (Fsp3) is 0.538. The zero-order valence-corrected chi connectivity index (χ0v) is 11.9. The maximum absolute atomic E-state index is 11.8. The highest BCUT2D eigenvalue weighted by molar-refractivity contribution is 5.68. The molecular formula is C13H19N3O6. The van der Waals surface area contributed by atoms with Crippen LogP contribution in [0, 0.1) is 0 Å². The van der Waals surface area contributed by atoms with Gasteiger partial charge in [0.2, 0.25) is 11.8 Å². The van der Waals surface area contributed by atoms with E-state index in [0.29, 0.717) is 30.7 Å². The predicted molar refractivity (Wildman–Crippen MR) is 74.7 cm³/mol. The van der Waals surface area contributed by atoms with E-state index in [1.807, 2.05) is 0 Å². The van der Waals surface area contributed by atoms with Gasteiger partial charge < -0.3 is 30.4 Å². The molecule has 1 unspecified atom stereocenters. The fourth-order valence-electron chi connectivity index (χ4n) is 2.37. The van der Waals surface area contributed by atoms with E-state index in [1.165, 1.54) is 17.0 Å². The van der Waals surface area contributed by atoms with Crippen LogP contribution in [0.4, 0.5) is 9.59 Å². The fourth-order valence-corrected chi connectivity index (χ4v) is 2.37. The zero-order valence-electron chi connectivity index (χ0n) is 11.9. The molecule has 0 spiro atoms. The molecule has 1 aromatic rings. The first kappa shape index (κ1) is 15.8. The molecule has 9 nitrogen and oxygen atoms in total. The largest absolute Gasteiger partial charge is 0.492 e. The molecule has 0 aromatic carbocycles.